The standard InChI is InChI=1S/C46H27N3/c1-2-12-29(13-3-1)45-46(48-40-22-8-7-21-39(40)47-45)38-27-32(26-37-34-19-10-16-28-17-11-20-35(43(28)34)44(37)38)49-41-23-9-6-18-33(41)36-24-30-14-4-5-15-31(30)25-42(36)49/h1-27H. The van der Waals surface area contributed by atoms with Gasteiger partial charge < -0.3 is 4.57 Å². The molecule has 226 valence electrons. The second-order valence-electron chi connectivity index (χ2n) is 13.0. The lowest BCUT2D eigenvalue weighted by Gasteiger charge is -2.18. The van der Waals surface area contributed by atoms with Gasteiger partial charge in [0.05, 0.1) is 33.5 Å². The molecule has 0 spiro atoms. The van der Waals surface area contributed by atoms with Gasteiger partial charge in [0.25, 0.3) is 0 Å². The van der Waals surface area contributed by atoms with Crippen molar-refractivity contribution in [3.8, 4) is 50.5 Å². The average molecular weight is 622 g/mol. The molecule has 0 saturated heterocycles. The average Bonchev–Trinajstić information content (AvgIpc) is 3.66. The molecule has 10 aromatic rings. The van der Waals surface area contributed by atoms with Gasteiger partial charge in [0.15, 0.2) is 0 Å². The molecule has 1 aliphatic carbocycles. The van der Waals surface area contributed by atoms with Gasteiger partial charge in [0.2, 0.25) is 0 Å². The van der Waals surface area contributed by atoms with Gasteiger partial charge in [-0.25, -0.2) is 9.97 Å². The first-order chi connectivity index (χ1) is 24.3. The molecule has 0 N–H and O–H groups in total. The number of rotatable bonds is 3. The molecule has 0 saturated carbocycles. The van der Waals surface area contributed by atoms with E-state index in [1.165, 1.54) is 65.6 Å². The van der Waals surface area contributed by atoms with Gasteiger partial charge in [-0.1, -0.05) is 121 Å². The lowest BCUT2D eigenvalue weighted by Crippen LogP contribution is -2.00. The van der Waals surface area contributed by atoms with E-state index in [1.807, 2.05) is 12.1 Å². The van der Waals surface area contributed by atoms with Crippen LogP contribution in [-0.4, -0.2) is 14.5 Å². The Labute approximate surface area is 282 Å². The van der Waals surface area contributed by atoms with Crippen molar-refractivity contribution in [3.05, 3.63) is 164 Å². The zero-order valence-electron chi connectivity index (χ0n) is 26.4. The maximum Gasteiger partial charge on any atom is 0.0980 e. The first-order valence-electron chi connectivity index (χ1n) is 16.8. The van der Waals surface area contributed by atoms with Gasteiger partial charge >= 0.3 is 0 Å². The molecule has 0 fully saturated rings. The fraction of sp³-hybridized carbons (Fsp3) is 0. The van der Waals surface area contributed by atoms with E-state index in [0.717, 1.165) is 39.2 Å². The number of aromatic nitrogens is 3. The summed E-state index contributed by atoms with van der Waals surface area (Å²) in [5.74, 6) is 0. The van der Waals surface area contributed by atoms with Crippen molar-refractivity contribution in [1.82, 2.24) is 14.5 Å². The van der Waals surface area contributed by atoms with Crippen LogP contribution < -0.4 is 0 Å². The smallest absolute Gasteiger partial charge is 0.0980 e. The van der Waals surface area contributed by atoms with Crippen LogP contribution in [0.5, 0.6) is 0 Å². The first kappa shape index (κ1) is 26.5. The van der Waals surface area contributed by atoms with Crippen molar-refractivity contribution >= 4 is 54.4 Å². The summed E-state index contributed by atoms with van der Waals surface area (Å²) in [6.45, 7) is 0. The highest BCUT2D eigenvalue weighted by Gasteiger charge is 2.28. The molecule has 0 aliphatic heterocycles. The van der Waals surface area contributed by atoms with Gasteiger partial charge in [0, 0.05) is 27.6 Å². The molecule has 1 aliphatic rings. The molecule has 2 aromatic heterocycles. The van der Waals surface area contributed by atoms with E-state index in [4.69, 9.17) is 9.97 Å². The van der Waals surface area contributed by atoms with Crippen molar-refractivity contribution < 1.29 is 0 Å². The molecule has 49 heavy (non-hydrogen) atoms. The van der Waals surface area contributed by atoms with Crippen molar-refractivity contribution in [2.24, 2.45) is 0 Å². The number of hydrogen-bond acceptors (Lipinski definition) is 2. The summed E-state index contributed by atoms with van der Waals surface area (Å²) in [5.41, 5.74) is 14.1. The van der Waals surface area contributed by atoms with Crippen LogP contribution in [0.15, 0.2) is 164 Å². The van der Waals surface area contributed by atoms with Crippen LogP contribution in [0.2, 0.25) is 0 Å². The second-order valence-corrected chi connectivity index (χ2v) is 13.0. The maximum atomic E-state index is 5.44. The molecule has 8 aromatic carbocycles. The Bertz CT molecular complexity index is 2980. The minimum Gasteiger partial charge on any atom is -0.309 e. The third-order valence-corrected chi connectivity index (χ3v) is 10.3. The highest BCUT2D eigenvalue weighted by molar-refractivity contribution is 6.19. The van der Waals surface area contributed by atoms with E-state index in [1.54, 1.807) is 0 Å². The lowest BCUT2D eigenvalue weighted by atomic mass is 9.92. The zero-order valence-corrected chi connectivity index (χ0v) is 26.4. The van der Waals surface area contributed by atoms with E-state index in [-0.39, 0.29) is 0 Å². The molecular weight excluding hydrogens is 595 g/mol. The van der Waals surface area contributed by atoms with Gasteiger partial charge in [-0.2, -0.15) is 0 Å². The minimum absolute atomic E-state index is 0.883. The van der Waals surface area contributed by atoms with Crippen molar-refractivity contribution in [3.63, 3.8) is 0 Å². The number of hydrogen-bond donors (Lipinski definition) is 0. The fourth-order valence-corrected chi connectivity index (χ4v) is 8.14. The molecule has 0 atom stereocenters. The molecule has 3 nitrogen and oxygen atoms in total. The summed E-state index contributed by atoms with van der Waals surface area (Å²) in [7, 11) is 0. The van der Waals surface area contributed by atoms with Crippen LogP contribution in [0, 0.1) is 0 Å². The summed E-state index contributed by atoms with van der Waals surface area (Å²) >= 11 is 0. The normalized spacial score (nSPS) is 12.1. The highest BCUT2D eigenvalue weighted by atomic mass is 15.0. The van der Waals surface area contributed by atoms with E-state index >= 15 is 0 Å². The summed E-state index contributed by atoms with van der Waals surface area (Å²) in [4.78, 5) is 10.7. The van der Waals surface area contributed by atoms with E-state index in [2.05, 4.69) is 156 Å². The number of nitrogens with zero attached hydrogens (tertiary/aromatic N) is 3. The van der Waals surface area contributed by atoms with Crippen LogP contribution in [0.1, 0.15) is 0 Å². The Morgan fingerprint density at radius 1 is 0.388 bits per heavy atom. The van der Waals surface area contributed by atoms with Gasteiger partial charge in [-0.3, -0.25) is 0 Å². The van der Waals surface area contributed by atoms with E-state index in [0.29, 0.717) is 0 Å². The Hall–Kier alpha value is -6.58. The summed E-state index contributed by atoms with van der Waals surface area (Å²) < 4.78 is 2.45. The van der Waals surface area contributed by atoms with E-state index in [9.17, 15) is 0 Å². The van der Waals surface area contributed by atoms with Gasteiger partial charge in [-0.15, -0.1) is 0 Å². The number of benzene rings is 8. The quantitative estimate of drug-likeness (QED) is 0.196. The molecule has 3 heteroatoms. The Kier molecular flexibility index (Phi) is 5.38. The third-order valence-electron chi connectivity index (χ3n) is 10.3. The summed E-state index contributed by atoms with van der Waals surface area (Å²) in [6, 6.07) is 58.9. The van der Waals surface area contributed by atoms with Gasteiger partial charge in [-0.05, 0) is 86.3 Å². The van der Waals surface area contributed by atoms with Crippen LogP contribution in [0.25, 0.3) is 105 Å². The lowest BCUT2D eigenvalue weighted by molar-refractivity contribution is 1.18. The van der Waals surface area contributed by atoms with E-state index < -0.39 is 0 Å². The molecule has 2 heterocycles. The predicted octanol–water partition coefficient (Wildman–Crippen LogP) is 12.0. The maximum absolute atomic E-state index is 5.44. The van der Waals surface area contributed by atoms with Gasteiger partial charge in [0.1, 0.15) is 0 Å². The monoisotopic (exact) mass is 621 g/mol. The van der Waals surface area contributed by atoms with Crippen LogP contribution >= 0.6 is 0 Å². The molecule has 11 rings (SSSR count). The first-order valence-corrected chi connectivity index (χ1v) is 16.8. The highest BCUT2D eigenvalue weighted by Crippen LogP contribution is 2.53. The Morgan fingerprint density at radius 2 is 1.02 bits per heavy atom. The zero-order chi connectivity index (χ0) is 32.1. The Balaban J connectivity index is 1.31. The van der Waals surface area contributed by atoms with Crippen molar-refractivity contribution in [2.45, 2.75) is 0 Å². The van der Waals surface area contributed by atoms with Crippen molar-refractivity contribution in [2.75, 3.05) is 0 Å². The molecule has 0 bridgehead atoms. The van der Waals surface area contributed by atoms with Crippen LogP contribution in [-0.2, 0) is 0 Å². The minimum atomic E-state index is 0.883. The predicted molar refractivity (Wildman–Crippen MR) is 204 cm³/mol. The largest absolute Gasteiger partial charge is 0.309 e. The third kappa shape index (κ3) is 3.78. The fourth-order valence-electron chi connectivity index (χ4n) is 8.14. The number of para-hydroxylation sites is 3. The number of fused-ring (bicyclic) bond motifs is 8. The summed E-state index contributed by atoms with van der Waals surface area (Å²) in [6.07, 6.45) is 0. The van der Waals surface area contributed by atoms with Crippen LogP contribution in [0.3, 0.4) is 0 Å². The topological polar surface area (TPSA) is 30.7 Å². The molecule has 0 unspecified atom stereocenters. The van der Waals surface area contributed by atoms with Crippen molar-refractivity contribution in [1.29, 1.82) is 0 Å². The summed E-state index contributed by atoms with van der Waals surface area (Å²) in [5, 5.41) is 7.50. The second kappa shape index (κ2) is 9.96. The molecule has 0 radical (unpaired) electrons. The SMILES string of the molecule is c1ccc(-c2nc3ccccc3nc2-c2cc(-n3c4ccccc4c4cc5ccccc5cc43)cc3c2-c2cccc4cccc-3c24)cc1. The molecular formula is C46H27N3. The van der Waals surface area contributed by atoms with Crippen LogP contribution in [0.4, 0.5) is 0 Å². The molecule has 0 amide bonds. The Morgan fingerprint density at radius 3 is 1.84 bits per heavy atom.